The van der Waals surface area contributed by atoms with Crippen LogP contribution < -0.4 is 10.7 Å². The van der Waals surface area contributed by atoms with E-state index in [0.717, 1.165) is 26.8 Å². The fraction of sp³-hybridized carbons (Fsp3) is 0. The number of benzene rings is 2. The minimum Gasteiger partial charge on any atom is -0.330 e. The highest BCUT2D eigenvalue weighted by Crippen LogP contribution is 2.20. The predicted molar refractivity (Wildman–Crippen MR) is 103 cm³/mol. The van der Waals surface area contributed by atoms with Crippen LogP contribution in [0.1, 0.15) is 5.69 Å². The molecule has 0 atom stereocenters. The Labute approximate surface area is 147 Å². The third-order valence-electron chi connectivity index (χ3n) is 3.10. The van der Waals surface area contributed by atoms with Gasteiger partial charge in [0.15, 0.2) is 5.11 Å². The Bertz CT molecular complexity index is 879. The van der Waals surface area contributed by atoms with Gasteiger partial charge < -0.3 is 5.32 Å². The number of para-hydroxylation sites is 2. The quantitative estimate of drug-likeness (QED) is 0.401. The van der Waals surface area contributed by atoms with E-state index in [0.29, 0.717) is 5.11 Å². The molecule has 114 valence electrons. The summed E-state index contributed by atoms with van der Waals surface area (Å²) in [6.45, 7) is 0. The molecule has 1 aromatic heterocycles. The standard InChI is InChI=1S/C17H13BrN4S/c18-14-6-2-4-8-16(14)21-17(23)22-19-11-13-10-9-12-5-1-3-7-15(12)20-13/h1-11H,(H2,21,22,23)/b19-11+. The molecule has 0 saturated carbocycles. The normalized spacial score (nSPS) is 10.8. The summed E-state index contributed by atoms with van der Waals surface area (Å²) in [5, 5.41) is 8.69. The highest BCUT2D eigenvalue weighted by molar-refractivity contribution is 9.10. The van der Waals surface area contributed by atoms with Crippen LogP contribution in [0, 0.1) is 0 Å². The smallest absolute Gasteiger partial charge is 0.191 e. The molecule has 3 aromatic rings. The molecule has 23 heavy (non-hydrogen) atoms. The second-order valence-corrected chi connectivity index (χ2v) is 6.00. The lowest BCUT2D eigenvalue weighted by Crippen LogP contribution is -2.24. The first-order valence-electron chi connectivity index (χ1n) is 6.93. The van der Waals surface area contributed by atoms with Crippen LogP contribution in [0.4, 0.5) is 5.69 Å². The number of halogens is 1. The van der Waals surface area contributed by atoms with Crippen LogP contribution in [0.15, 0.2) is 70.2 Å². The number of hydrogen-bond acceptors (Lipinski definition) is 3. The summed E-state index contributed by atoms with van der Waals surface area (Å²) in [5.41, 5.74) is 5.36. The van der Waals surface area contributed by atoms with Crippen molar-refractivity contribution in [1.29, 1.82) is 0 Å². The molecule has 0 unspecified atom stereocenters. The van der Waals surface area contributed by atoms with Gasteiger partial charge in [0.05, 0.1) is 23.1 Å². The third-order valence-corrected chi connectivity index (χ3v) is 3.99. The molecule has 0 fully saturated rings. The molecule has 2 aromatic carbocycles. The lowest BCUT2D eigenvalue weighted by Gasteiger charge is -2.08. The molecule has 0 saturated heterocycles. The topological polar surface area (TPSA) is 49.3 Å². The van der Waals surface area contributed by atoms with Crippen molar-refractivity contribution in [2.75, 3.05) is 5.32 Å². The minimum atomic E-state index is 0.411. The van der Waals surface area contributed by atoms with E-state index in [1.807, 2.05) is 60.7 Å². The molecule has 0 aliphatic rings. The Morgan fingerprint density at radius 3 is 2.70 bits per heavy atom. The maximum atomic E-state index is 5.21. The SMILES string of the molecule is S=C(N/N=C/c1ccc2ccccc2n1)Nc1ccccc1Br. The van der Waals surface area contributed by atoms with Crippen molar-refractivity contribution < 1.29 is 0 Å². The van der Waals surface area contributed by atoms with E-state index in [4.69, 9.17) is 12.2 Å². The van der Waals surface area contributed by atoms with Gasteiger partial charge in [-0.2, -0.15) is 5.10 Å². The maximum absolute atomic E-state index is 5.21. The van der Waals surface area contributed by atoms with Gasteiger partial charge in [0, 0.05) is 9.86 Å². The van der Waals surface area contributed by atoms with E-state index in [2.05, 4.69) is 36.8 Å². The van der Waals surface area contributed by atoms with Crippen molar-refractivity contribution in [3.8, 4) is 0 Å². The number of anilines is 1. The van der Waals surface area contributed by atoms with Gasteiger partial charge in [0.1, 0.15) is 0 Å². The molecule has 1 heterocycles. The minimum absolute atomic E-state index is 0.411. The summed E-state index contributed by atoms with van der Waals surface area (Å²) in [6.07, 6.45) is 1.64. The Hall–Kier alpha value is -2.31. The van der Waals surface area contributed by atoms with Gasteiger partial charge in [-0.15, -0.1) is 0 Å². The zero-order valence-corrected chi connectivity index (χ0v) is 14.4. The monoisotopic (exact) mass is 384 g/mol. The molecule has 6 heteroatoms. The molecule has 0 amide bonds. The van der Waals surface area contributed by atoms with Gasteiger partial charge in [-0.1, -0.05) is 36.4 Å². The molecule has 2 N–H and O–H groups in total. The number of hydrazone groups is 1. The summed E-state index contributed by atoms with van der Waals surface area (Å²) in [6, 6.07) is 19.6. The molecule has 0 aliphatic heterocycles. The molecular weight excluding hydrogens is 372 g/mol. The summed E-state index contributed by atoms with van der Waals surface area (Å²) >= 11 is 8.67. The van der Waals surface area contributed by atoms with Crippen LogP contribution in [0.2, 0.25) is 0 Å². The van der Waals surface area contributed by atoms with Crippen LogP contribution in [0.25, 0.3) is 10.9 Å². The van der Waals surface area contributed by atoms with Crippen LogP contribution >= 0.6 is 28.1 Å². The van der Waals surface area contributed by atoms with Gasteiger partial charge in [0.2, 0.25) is 0 Å². The highest BCUT2D eigenvalue weighted by atomic mass is 79.9. The number of hydrogen-bond donors (Lipinski definition) is 2. The number of pyridine rings is 1. The van der Waals surface area contributed by atoms with Gasteiger partial charge >= 0.3 is 0 Å². The van der Waals surface area contributed by atoms with Crippen LogP contribution in [-0.2, 0) is 0 Å². The highest BCUT2D eigenvalue weighted by Gasteiger charge is 2.00. The molecule has 0 bridgehead atoms. The third kappa shape index (κ3) is 4.12. The summed E-state index contributed by atoms with van der Waals surface area (Å²) < 4.78 is 0.935. The molecular formula is C17H13BrN4S. The molecule has 0 radical (unpaired) electrons. The van der Waals surface area contributed by atoms with Crippen LogP contribution in [0.3, 0.4) is 0 Å². The second kappa shape index (κ2) is 7.30. The van der Waals surface area contributed by atoms with E-state index in [1.165, 1.54) is 0 Å². The van der Waals surface area contributed by atoms with E-state index in [9.17, 15) is 0 Å². The Kier molecular flexibility index (Phi) is 4.95. The van der Waals surface area contributed by atoms with E-state index in [-0.39, 0.29) is 0 Å². The zero-order valence-electron chi connectivity index (χ0n) is 12.0. The number of aromatic nitrogens is 1. The van der Waals surface area contributed by atoms with Crippen molar-refractivity contribution in [2.24, 2.45) is 5.10 Å². The van der Waals surface area contributed by atoms with E-state index < -0.39 is 0 Å². The van der Waals surface area contributed by atoms with Crippen LogP contribution in [-0.4, -0.2) is 16.3 Å². The van der Waals surface area contributed by atoms with Crippen molar-refractivity contribution in [3.05, 3.63) is 70.8 Å². The zero-order chi connectivity index (χ0) is 16.1. The number of thiocarbonyl (C=S) groups is 1. The summed E-state index contributed by atoms with van der Waals surface area (Å²) in [4.78, 5) is 4.51. The second-order valence-electron chi connectivity index (χ2n) is 4.73. The number of nitrogens with zero attached hydrogens (tertiary/aromatic N) is 2. The summed E-state index contributed by atoms with van der Waals surface area (Å²) in [7, 11) is 0. The van der Waals surface area contributed by atoms with Gasteiger partial charge in [0.25, 0.3) is 0 Å². The average Bonchev–Trinajstić information content (AvgIpc) is 2.57. The van der Waals surface area contributed by atoms with Crippen molar-refractivity contribution in [3.63, 3.8) is 0 Å². The molecule has 0 spiro atoms. The number of nitrogens with one attached hydrogen (secondary N) is 2. The average molecular weight is 385 g/mol. The predicted octanol–water partition coefficient (Wildman–Crippen LogP) is 4.32. The molecule has 3 rings (SSSR count). The van der Waals surface area contributed by atoms with Gasteiger partial charge in [-0.25, -0.2) is 4.98 Å². The van der Waals surface area contributed by atoms with Crippen molar-refractivity contribution in [2.45, 2.75) is 0 Å². The van der Waals surface area contributed by atoms with Gasteiger partial charge in [-0.3, -0.25) is 5.43 Å². The fourth-order valence-corrected chi connectivity index (χ4v) is 2.57. The first kappa shape index (κ1) is 15.6. The van der Waals surface area contributed by atoms with E-state index >= 15 is 0 Å². The first-order valence-corrected chi connectivity index (χ1v) is 8.13. The van der Waals surface area contributed by atoms with Crippen LogP contribution in [0.5, 0.6) is 0 Å². The van der Waals surface area contributed by atoms with Crippen molar-refractivity contribution in [1.82, 2.24) is 10.4 Å². The summed E-state index contributed by atoms with van der Waals surface area (Å²) in [5.74, 6) is 0. The van der Waals surface area contributed by atoms with E-state index in [1.54, 1.807) is 6.21 Å². The maximum Gasteiger partial charge on any atom is 0.191 e. The lowest BCUT2D eigenvalue weighted by atomic mass is 10.2. The Morgan fingerprint density at radius 2 is 1.83 bits per heavy atom. The number of fused-ring (bicyclic) bond motifs is 1. The largest absolute Gasteiger partial charge is 0.330 e. The molecule has 0 aliphatic carbocycles. The number of rotatable bonds is 3. The fourth-order valence-electron chi connectivity index (χ4n) is 2.02. The Balaban J connectivity index is 1.63. The Morgan fingerprint density at radius 1 is 1.04 bits per heavy atom. The van der Waals surface area contributed by atoms with Crippen molar-refractivity contribution >= 4 is 56.1 Å². The first-order chi connectivity index (χ1) is 11.2. The van der Waals surface area contributed by atoms with Gasteiger partial charge in [-0.05, 0) is 52.4 Å². The lowest BCUT2D eigenvalue weighted by molar-refractivity contribution is 1.05. The molecule has 4 nitrogen and oxygen atoms in total.